The molecule has 192 valence electrons. The fourth-order valence-corrected chi connectivity index (χ4v) is 6.06. The molecule has 0 saturated carbocycles. The van der Waals surface area contributed by atoms with Gasteiger partial charge in [-0.05, 0) is 77.0 Å². The van der Waals surface area contributed by atoms with Gasteiger partial charge < -0.3 is 21.3 Å². The Morgan fingerprint density at radius 1 is 1.39 bits per heavy atom. The molecular weight excluding hydrogens is 454 g/mol. The van der Waals surface area contributed by atoms with Gasteiger partial charge in [0.05, 0.1) is 5.57 Å². The van der Waals surface area contributed by atoms with Gasteiger partial charge in [0.1, 0.15) is 5.76 Å². The van der Waals surface area contributed by atoms with E-state index in [1.165, 1.54) is 6.08 Å². The molecule has 3 atom stereocenters. The van der Waals surface area contributed by atoms with E-state index in [1.54, 1.807) is 7.05 Å². The van der Waals surface area contributed by atoms with Crippen molar-refractivity contribution in [2.24, 2.45) is 28.0 Å². The number of aliphatic imine (C=N–C) groups is 1. The summed E-state index contributed by atoms with van der Waals surface area (Å²) in [6, 6.07) is 2.17. The third-order valence-electron chi connectivity index (χ3n) is 7.80. The summed E-state index contributed by atoms with van der Waals surface area (Å²) in [4.78, 5) is 29.3. The molecule has 7 nitrogen and oxygen atoms in total. The van der Waals surface area contributed by atoms with E-state index in [-0.39, 0.29) is 23.3 Å². The zero-order valence-electron chi connectivity index (χ0n) is 21.9. The number of ketones is 1. The van der Waals surface area contributed by atoms with Crippen LogP contribution in [-0.2, 0) is 22.6 Å². The highest BCUT2D eigenvalue weighted by Gasteiger charge is 2.57. The van der Waals surface area contributed by atoms with Gasteiger partial charge in [0, 0.05) is 37.8 Å². The Morgan fingerprint density at radius 2 is 2.08 bits per heavy atom. The van der Waals surface area contributed by atoms with Crippen LogP contribution in [0.15, 0.2) is 40.6 Å². The van der Waals surface area contributed by atoms with Gasteiger partial charge in [-0.1, -0.05) is 33.4 Å². The Hall–Kier alpha value is -3.03. The number of amides is 1. The van der Waals surface area contributed by atoms with E-state index in [4.69, 9.17) is 5.73 Å². The number of nitrogens with one attached hydrogen (secondary N) is 1. The standard InChI is InChI=1S/C29H37N3O4/c1-15-18(13-32-14-28(3,4)5)9-19(12-31-6)22-11-17-10-20-7-8-21(27(30)35)25(33)29(20,36)26(34)24(17)16(2)23(15)22/h8-9,12,17,20,32,34,36H,2,7,10-11,13-14H2,1,3-6H3,(H2,30,35)/t17?,20-,29-/m1/s1. The van der Waals surface area contributed by atoms with Crippen molar-refractivity contribution >= 4 is 23.5 Å². The third-order valence-corrected chi connectivity index (χ3v) is 7.80. The molecule has 3 aliphatic carbocycles. The number of carbonyl (C=O) groups excluding carboxylic acids is 2. The number of nitrogens with two attached hydrogens (primary N) is 1. The van der Waals surface area contributed by atoms with Crippen LogP contribution in [0.5, 0.6) is 0 Å². The summed E-state index contributed by atoms with van der Waals surface area (Å²) < 4.78 is 0. The van der Waals surface area contributed by atoms with Gasteiger partial charge in [-0.2, -0.15) is 0 Å². The second-order valence-electron chi connectivity index (χ2n) is 11.5. The lowest BCUT2D eigenvalue weighted by Gasteiger charge is -2.46. The van der Waals surface area contributed by atoms with E-state index in [9.17, 15) is 19.8 Å². The zero-order valence-corrected chi connectivity index (χ0v) is 21.9. The summed E-state index contributed by atoms with van der Waals surface area (Å²) in [5, 5.41) is 26.5. The average molecular weight is 492 g/mol. The van der Waals surface area contributed by atoms with Crippen LogP contribution in [0.3, 0.4) is 0 Å². The van der Waals surface area contributed by atoms with Crippen molar-refractivity contribution in [1.82, 2.24) is 5.32 Å². The Morgan fingerprint density at radius 3 is 2.69 bits per heavy atom. The van der Waals surface area contributed by atoms with E-state index in [0.717, 1.165) is 34.4 Å². The fourth-order valence-electron chi connectivity index (χ4n) is 6.06. The summed E-state index contributed by atoms with van der Waals surface area (Å²) in [6.45, 7) is 14.4. The summed E-state index contributed by atoms with van der Waals surface area (Å²) in [5.41, 5.74) is 9.41. The maximum atomic E-state index is 13.2. The molecule has 3 aliphatic rings. The Balaban J connectivity index is 1.83. The van der Waals surface area contributed by atoms with Gasteiger partial charge in [0.15, 0.2) is 5.60 Å². The predicted molar refractivity (Wildman–Crippen MR) is 142 cm³/mol. The number of carbonyl (C=O) groups is 2. The molecule has 0 aromatic heterocycles. The molecule has 0 saturated heterocycles. The number of primary amides is 1. The van der Waals surface area contributed by atoms with Crippen LogP contribution in [0.4, 0.5) is 0 Å². The lowest BCUT2D eigenvalue weighted by atomic mass is 9.59. The first-order valence-corrected chi connectivity index (χ1v) is 12.5. The second-order valence-corrected chi connectivity index (χ2v) is 11.5. The van der Waals surface area contributed by atoms with Gasteiger partial charge in [-0.3, -0.25) is 14.6 Å². The summed E-state index contributed by atoms with van der Waals surface area (Å²) in [5.74, 6) is -2.77. The molecule has 5 N–H and O–H groups in total. The second kappa shape index (κ2) is 9.12. The van der Waals surface area contributed by atoms with Crippen molar-refractivity contribution < 1.29 is 19.8 Å². The molecular formula is C29H37N3O4. The summed E-state index contributed by atoms with van der Waals surface area (Å²) in [7, 11) is 1.75. The van der Waals surface area contributed by atoms with Crippen molar-refractivity contribution in [2.75, 3.05) is 13.6 Å². The minimum absolute atomic E-state index is 0.111. The molecule has 0 fully saturated rings. The molecule has 0 aliphatic heterocycles. The minimum atomic E-state index is -2.17. The topological polar surface area (TPSA) is 125 Å². The van der Waals surface area contributed by atoms with Crippen LogP contribution in [-0.4, -0.2) is 47.3 Å². The molecule has 1 aromatic carbocycles. The SMILES string of the molecule is C=C1C2=C(O)[C@]3(O)C(=O)C(C(N)=O)=CC[C@@H]3CC2Cc2c(C=NC)cc(CNCC(C)(C)C)c(C)c21. The van der Waals surface area contributed by atoms with Gasteiger partial charge in [-0.25, -0.2) is 0 Å². The number of aliphatic hydroxyl groups excluding tert-OH is 1. The molecule has 0 spiro atoms. The van der Waals surface area contributed by atoms with Gasteiger partial charge in [0.25, 0.3) is 5.91 Å². The lowest BCUT2D eigenvalue weighted by molar-refractivity contribution is -0.142. The molecule has 4 rings (SSSR count). The van der Waals surface area contributed by atoms with Crippen LogP contribution >= 0.6 is 0 Å². The number of benzene rings is 1. The number of hydrogen-bond donors (Lipinski definition) is 4. The number of hydrogen-bond acceptors (Lipinski definition) is 6. The molecule has 0 bridgehead atoms. The third kappa shape index (κ3) is 4.14. The Kier molecular flexibility index (Phi) is 6.60. The maximum Gasteiger partial charge on any atom is 0.252 e. The molecule has 1 aromatic rings. The first kappa shape index (κ1) is 26.0. The van der Waals surface area contributed by atoms with Crippen molar-refractivity contribution in [3.63, 3.8) is 0 Å². The lowest BCUT2D eigenvalue weighted by Crippen LogP contribution is -2.55. The highest BCUT2D eigenvalue weighted by molar-refractivity contribution is 6.23. The van der Waals surface area contributed by atoms with Crippen LogP contribution in [0.25, 0.3) is 5.57 Å². The van der Waals surface area contributed by atoms with Crippen LogP contribution in [0.2, 0.25) is 0 Å². The van der Waals surface area contributed by atoms with E-state index in [2.05, 4.69) is 43.7 Å². The van der Waals surface area contributed by atoms with E-state index >= 15 is 0 Å². The highest BCUT2D eigenvalue weighted by Crippen LogP contribution is 2.53. The van der Waals surface area contributed by atoms with Crippen LogP contribution < -0.4 is 11.1 Å². The van der Waals surface area contributed by atoms with Gasteiger partial charge in [-0.15, -0.1) is 0 Å². The predicted octanol–water partition coefficient (Wildman–Crippen LogP) is 3.31. The van der Waals surface area contributed by atoms with Crippen molar-refractivity contribution in [3.05, 3.63) is 63.4 Å². The number of rotatable bonds is 5. The Bertz CT molecular complexity index is 1250. The smallest absolute Gasteiger partial charge is 0.252 e. The zero-order chi connectivity index (χ0) is 26.6. The summed E-state index contributed by atoms with van der Waals surface area (Å²) >= 11 is 0. The van der Waals surface area contributed by atoms with Gasteiger partial charge in [0.2, 0.25) is 5.78 Å². The molecule has 7 heteroatoms. The summed E-state index contributed by atoms with van der Waals surface area (Å²) in [6.07, 6.45) is 4.76. The number of aliphatic hydroxyl groups is 2. The molecule has 1 amide bonds. The van der Waals surface area contributed by atoms with Crippen molar-refractivity contribution in [1.29, 1.82) is 0 Å². The first-order valence-electron chi connectivity index (χ1n) is 12.5. The quantitative estimate of drug-likeness (QED) is 0.371. The fraction of sp³-hybridized carbons (Fsp3) is 0.483. The van der Waals surface area contributed by atoms with Gasteiger partial charge >= 0.3 is 0 Å². The molecule has 1 unspecified atom stereocenters. The molecule has 0 heterocycles. The normalized spacial score (nSPS) is 26.0. The van der Waals surface area contributed by atoms with Crippen LogP contribution in [0, 0.1) is 24.2 Å². The highest BCUT2D eigenvalue weighted by atomic mass is 16.3. The van der Waals surface area contributed by atoms with E-state index in [0.29, 0.717) is 30.5 Å². The maximum absolute atomic E-state index is 13.2. The molecule has 36 heavy (non-hydrogen) atoms. The van der Waals surface area contributed by atoms with E-state index < -0.39 is 29.0 Å². The number of fused-ring (bicyclic) bond motifs is 3. The number of allylic oxidation sites excluding steroid dienone is 3. The van der Waals surface area contributed by atoms with Crippen molar-refractivity contribution in [3.8, 4) is 0 Å². The van der Waals surface area contributed by atoms with E-state index in [1.807, 2.05) is 13.1 Å². The first-order chi connectivity index (χ1) is 16.8. The molecule has 0 radical (unpaired) electrons. The Labute approximate surface area is 212 Å². The van der Waals surface area contributed by atoms with Crippen LogP contribution in [0.1, 0.15) is 61.4 Å². The monoisotopic (exact) mass is 491 g/mol. The number of nitrogens with zero attached hydrogens (tertiary/aromatic N) is 1. The average Bonchev–Trinajstić information content (AvgIpc) is 2.77. The minimum Gasteiger partial charge on any atom is -0.508 e. The number of Topliss-reactive ketones (excluding diaryl/α,β-unsaturated/α-hetero) is 1. The van der Waals surface area contributed by atoms with Crippen molar-refractivity contribution in [2.45, 2.75) is 59.1 Å². The largest absolute Gasteiger partial charge is 0.508 e.